The predicted octanol–water partition coefficient (Wildman–Crippen LogP) is 1.58. The number of hydrogen-bond donors (Lipinski definition) is 2. The monoisotopic (exact) mass is 231 g/mol. The maximum Gasteiger partial charge on any atom is 0.251 e. The molecule has 3 N–H and O–H groups in total. The molecule has 90 valence electrons. The summed E-state index contributed by atoms with van der Waals surface area (Å²) in [5.74, 6) is 1.91. The van der Waals surface area contributed by atoms with Gasteiger partial charge in [0.25, 0.3) is 5.91 Å². The fraction of sp³-hybridized carbons (Fsp3) is 0.538. The summed E-state index contributed by atoms with van der Waals surface area (Å²) in [7, 11) is 0. The van der Waals surface area contributed by atoms with Crippen LogP contribution in [-0.2, 0) is 0 Å². The van der Waals surface area contributed by atoms with Gasteiger partial charge in [0.2, 0.25) is 0 Å². The van der Waals surface area contributed by atoms with Crippen LogP contribution in [0.5, 0.6) is 0 Å². The molecule has 0 radical (unpaired) electrons. The lowest BCUT2D eigenvalue weighted by atomic mass is 9.95. The van der Waals surface area contributed by atoms with Crippen molar-refractivity contribution in [2.45, 2.75) is 31.7 Å². The molecule has 3 atom stereocenters. The maximum absolute atomic E-state index is 12.0. The Morgan fingerprint density at radius 1 is 1.41 bits per heavy atom. The van der Waals surface area contributed by atoms with Gasteiger partial charge in [-0.25, -0.2) is 4.98 Å². The molecule has 1 amide bonds. The standard InChI is InChI=1S/C13H17N3O/c14-12-7-10(3-4-15-12)13(17)16-11-6-8-1-2-9(11)5-8/h3-4,7-9,11H,1-2,5-6H2,(H2,14,15)(H,16,17). The van der Waals surface area contributed by atoms with Crippen molar-refractivity contribution in [3.05, 3.63) is 23.9 Å². The summed E-state index contributed by atoms with van der Waals surface area (Å²) in [4.78, 5) is 15.9. The number of nitrogens with zero attached hydrogens (tertiary/aromatic N) is 1. The Balaban J connectivity index is 1.68. The highest BCUT2D eigenvalue weighted by atomic mass is 16.1. The number of nitrogens with two attached hydrogens (primary N) is 1. The number of fused-ring (bicyclic) bond motifs is 2. The van der Waals surface area contributed by atoms with E-state index >= 15 is 0 Å². The first-order valence-electron chi connectivity index (χ1n) is 6.25. The van der Waals surface area contributed by atoms with Gasteiger partial charge in [0, 0.05) is 17.8 Å². The molecule has 17 heavy (non-hydrogen) atoms. The summed E-state index contributed by atoms with van der Waals surface area (Å²) in [6.45, 7) is 0. The van der Waals surface area contributed by atoms with Crippen LogP contribution in [0.1, 0.15) is 36.0 Å². The lowest BCUT2D eigenvalue weighted by Crippen LogP contribution is -2.38. The molecule has 4 heteroatoms. The van der Waals surface area contributed by atoms with Gasteiger partial charge in [0.05, 0.1) is 0 Å². The van der Waals surface area contributed by atoms with Crippen LogP contribution in [0.4, 0.5) is 5.82 Å². The van der Waals surface area contributed by atoms with Crippen molar-refractivity contribution in [1.82, 2.24) is 10.3 Å². The van der Waals surface area contributed by atoms with Crippen LogP contribution in [0.3, 0.4) is 0 Å². The molecule has 2 fully saturated rings. The minimum absolute atomic E-state index is 0.0170. The van der Waals surface area contributed by atoms with Crippen molar-refractivity contribution in [2.75, 3.05) is 5.73 Å². The van der Waals surface area contributed by atoms with E-state index < -0.39 is 0 Å². The van der Waals surface area contributed by atoms with Gasteiger partial charge in [-0.15, -0.1) is 0 Å². The zero-order chi connectivity index (χ0) is 11.8. The second-order valence-corrected chi connectivity index (χ2v) is 5.22. The molecule has 2 aliphatic rings. The number of hydrogen-bond acceptors (Lipinski definition) is 3. The normalized spacial score (nSPS) is 30.5. The average molecular weight is 231 g/mol. The number of rotatable bonds is 2. The molecular formula is C13H17N3O. The minimum Gasteiger partial charge on any atom is -0.384 e. The van der Waals surface area contributed by atoms with Gasteiger partial charge >= 0.3 is 0 Å². The number of carbonyl (C=O) groups excluding carboxylic acids is 1. The third-order valence-electron chi connectivity index (χ3n) is 4.10. The SMILES string of the molecule is Nc1cc(C(=O)NC2CC3CCC2C3)ccn1. The zero-order valence-corrected chi connectivity index (χ0v) is 9.73. The molecular weight excluding hydrogens is 214 g/mol. The first-order chi connectivity index (χ1) is 8.22. The van der Waals surface area contributed by atoms with Gasteiger partial charge in [-0.2, -0.15) is 0 Å². The summed E-state index contributed by atoms with van der Waals surface area (Å²) < 4.78 is 0. The third kappa shape index (κ3) is 1.99. The number of anilines is 1. The van der Waals surface area contributed by atoms with Gasteiger partial charge < -0.3 is 11.1 Å². The molecule has 2 aliphatic carbocycles. The largest absolute Gasteiger partial charge is 0.384 e. The molecule has 3 unspecified atom stereocenters. The van der Waals surface area contributed by atoms with Crippen molar-refractivity contribution in [2.24, 2.45) is 11.8 Å². The topological polar surface area (TPSA) is 68.0 Å². The van der Waals surface area contributed by atoms with Crippen molar-refractivity contribution >= 4 is 11.7 Å². The van der Waals surface area contributed by atoms with E-state index in [0.717, 1.165) is 12.3 Å². The van der Waals surface area contributed by atoms with Gasteiger partial charge in [-0.05, 0) is 43.2 Å². The van der Waals surface area contributed by atoms with Gasteiger partial charge in [-0.1, -0.05) is 6.42 Å². The molecule has 2 bridgehead atoms. The summed E-state index contributed by atoms with van der Waals surface area (Å²) in [5, 5.41) is 3.13. The molecule has 0 aliphatic heterocycles. The van der Waals surface area contributed by atoms with Crippen molar-refractivity contribution in [1.29, 1.82) is 0 Å². The zero-order valence-electron chi connectivity index (χ0n) is 9.73. The van der Waals surface area contributed by atoms with Crippen LogP contribution in [0.2, 0.25) is 0 Å². The Labute approximate surface area is 101 Å². The van der Waals surface area contributed by atoms with Crippen molar-refractivity contribution in [3.8, 4) is 0 Å². The smallest absolute Gasteiger partial charge is 0.251 e. The number of aromatic nitrogens is 1. The van der Waals surface area contributed by atoms with E-state index in [-0.39, 0.29) is 5.91 Å². The maximum atomic E-state index is 12.0. The molecule has 3 rings (SSSR count). The fourth-order valence-corrected chi connectivity index (χ4v) is 3.26. The van der Waals surface area contributed by atoms with Crippen LogP contribution >= 0.6 is 0 Å². The fourth-order valence-electron chi connectivity index (χ4n) is 3.26. The van der Waals surface area contributed by atoms with E-state index in [9.17, 15) is 4.79 Å². The van der Waals surface area contributed by atoms with E-state index in [2.05, 4.69) is 10.3 Å². The highest BCUT2D eigenvalue weighted by Crippen LogP contribution is 2.44. The van der Waals surface area contributed by atoms with Crippen LogP contribution in [0.15, 0.2) is 18.3 Å². The molecule has 1 aromatic rings. The molecule has 1 heterocycles. The number of nitrogens with one attached hydrogen (secondary N) is 1. The number of amides is 1. The van der Waals surface area contributed by atoms with Crippen molar-refractivity contribution < 1.29 is 4.79 Å². The summed E-state index contributed by atoms with van der Waals surface area (Å²) in [6.07, 6.45) is 6.64. The van der Waals surface area contributed by atoms with Crippen molar-refractivity contribution in [3.63, 3.8) is 0 Å². The average Bonchev–Trinajstić information content (AvgIpc) is 2.91. The Bertz CT molecular complexity index is 446. The van der Waals surface area contributed by atoms with Gasteiger partial charge in [0.15, 0.2) is 0 Å². The molecule has 0 aromatic carbocycles. The highest BCUT2D eigenvalue weighted by Gasteiger charge is 2.40. The lowest BCUT2D eigenvalue weighted by Gasteiger charge is -2.22. The number of carbonyl (C=O) groups is 1. The van der Waals surface area contributed by atoms with E-state index in [0.29, 0.717) is 23.3 Å². The molecule has 0 saturated heterocycles. The van der Waals surface area contributed by atoms with Crippen LogP contribution in [-0.4, -0.2) is 16.9 Å². The Hall–Kier alpha value is -1.58. The molecule has 1 aromatic heterocycles. The van der Waals surface area contributed by atoms with E-state index in [1.54, 1.807) is 18.3 Å². The summed E-state index contributed by atoms with van der Waals surface area (Å²) in [6, 6.07) is 3.71. The second kappa shape index (κ2) is 4.02. The van der Waals surface area contributed by atoms with E-state index in [1.165, 1.54) is 19.3 Å². The van der Waals surface area contributed by atoms with Crippen LogP contribution < -0.4 is 11.1 Å². The Kier molecular flexibility index (Phi) is 2.50. The minimum atomic E-state index is -0.0170. The second-order valence-electron chi connectivity index (χ2n) is 5.22. The summed E-state index contributed by atoms with van der Waals surface area (Å²) >= 11 is 0. The van der Waals surface area contributed by atoms with E-state index in [1.807, 2.05) is 0 Å². The van der Waals surface area contributed by atoms with Gasteiger partial charge in [0.1, 0.15) is 5.82 Å². The number of nitrogen functional groups attached to an aromatic ring is 1. The van der Waals surface area contributed by atoms with Crippen LogP contribution in [0, 0.1) is 11.8 Å². The van der Waals surface area contributed by atoms with E-state index in [4.69, 9.17) is 5.73 Å². The summed E-state index contributed by atoms with van der Waals surface area (Å²) in [5.41, 5.74) is 6.19. The quantitative estimate of drug-likeness (QED) is 0.812. The predicted molar refractivity (Wildman–Crippen MR) is 65.4 cm³/mol. The first kappa shape index (κ1) is 10.6. The Morgan fingerprint density at radius 3 is 2.94 bits per heavy atom. The van der Waals surface area contributed by atoms with Gasteiger partial charge in [-0.3, -0.25) is 4.79 Å². The Morgan fingerprint density at radius 2 is 2.29 bits per heavy atom. The first-order valence-corrected chi connectivity index (χ1v) is 6.25. The molecule has 4 nitrogen and oxygen atoms in total. The number of pyridine rings is 1. The highest BCUT2D eigenvalue weighted by molar-refractivity contribution is 5.94. The molecule has 0 spiro atoms. The molecule has 2 saturated carbocycles. The van der Waals surface area contributed by atoms with Crippen LogP contribution in [0.25, 0.3) is 0 Å². The third-order valence-corrected chi connectivity index (χ3v) is 4.10. The lowest BCUT2D eigenvalue weighted by molar-refractivity contribution is 0.0923.